The third kappa shape index (κ3) is 4.85. The van der Waals surface area contributed by atoms with Gasteiger partial charge in [0.25, 0.3) is 5.91 Å². The third-order valence-electron chi connectivity index (χ3n) is 5.23. The van der Waals surface area contributed by atoms with Crippen LogP contribution < -0.4 is 10.6 Å². The van der Waals surface area contributed by atoms with Gasteiger partial charge < -0.3 is 9.73 Å². The maximum absolute atomic E-state index is 12.5. The lowest BCUT2D eigenvalue weighted by Crippen LogP contribution is -2.34. The van der Waals surface area contributed by atoms with Crippen molar-refractivity contribution in [3.05, 3.63) is 106 Å². The fourth-order valence-corrected chi connectivity index (χ4v) is 4.39. The molecule has 34 heavy (non-hydrogen) atoms. The standard InChI is InChI=1S/C27H18IN3O2S/c28-22-9-5-4-8-21(22)25(32)31-27(34)29-20-14-15-24-23(16-20)30-26(33-24)19-12-10-18(11-13-19)17-6-2-1-3-7-17/h1-16H,(H2,29,31,32,34). The number of nitrogens with zero attached hydrogens (tertiary/aromatic N) is 1. The molecule has 0 unspecified atom stereocenters. The molecule has 0 aliphatic carbocycles. The number of benzene rings is 4. The number of amides is 1. The Bertz CT molecular complexity index is 1500. The zero-order chi connectivity index (χ0) is 23.5. The van der Waals surface area contributed by atoms with Gasteiger partial charge in [0, 0.05) is 14.8 Å². The zero-order valence-electron chi connectivity index (χ0n) is 17.8. The summed E-state index contributed by atoms with van der Waals surface area (Å²) in [7, 11) is 0. The Kier molecular flexibility index (Phi) is 6.37. The molecule has 0 atom stereocenters. The number of anilines is 1. The van der Waals surface area contributed by atoms with E-state index in [9.17, 15) is 4.79 Å². The highest BCUT2D eigenvalue weighted by molar-refractivity contribution is 14.1. The van der Waals surface area contributed by atoms with Gasteiger partial charge in [-0.2, -0.15) is 0 Å². The quantitative estimate of drug-likeness (QED) is 0.181. The van der Waals surface area contributed by atoms with Crippen molar-refractivity contribution in [2.24, 2.45) is 0 Å². The molecule has 0 spiro atoms. The second-order valence-electron chi connectivity index (χ2n) is 7.53. The first kappa shape index (κ1) is 22.2. The van der Waals surface area contributed by atoms with Crippen molar-refractivity contribution >= 4 is 62.6 Å². The van der Waals surface area contributed by atoms with Crippen LogP contribution in [0.3, 0.4) is 0 Å². The van der Waals surface area contributed by atoms with Crippen LogP contribution in [0.4, 0.5) is 5.69 Å². The van der Waals surface area contributed by atoms with E-state index in [1.54, 1.807) is 6.07 Å². The average Bonchev–Trinajstić information content (AvgIpc) is 3.28. The van der Waals surface area contributed by atoms with Gasteiger partial charge in [-0.25, -0.2) is 4.98 Å². The van der Waals surface area contributed by atoms with Gasteiger partial charge >= 0.3 is 0 Å². The summed E-state index contributed by atoms with van der Waals surface area (Å²) in [5.74, 6) is 0.285. The predicted octanol–water partition coefficient (Wildman–Crippen LogP) is 6.89. The molecule has 0 saturated carbocycles. The molecular weight excluding hydrogens is 557 g/mol. The average molecular weight is 575 g/mol. The monoisotopic (exact) mass is 575 g/mol. The molecule has 1 aromatic heterocycles. The fraction of sp³-hybridized carbons (Fsp3) is 0. The minimum atomic E-state index is -0.258. The van der Waals surface area contributed by atoms with Gasteiger partial charge in [-0.15, -0.1) is 0 Å². The fourth-order valence-electron chi connectivity index (χ4n) is 3.54. The Morgan fingerprint density at radius 3 is 2.26 bits per heavy atom. The maximum atomic E-state index is 12.5. The highest BCUT2D eigenvalue weighted by Gasteiger charge is 2.13. The molecule has 0 bridgehead atoms. The first-order valence-corrected chi connectivity index (χ1v) is 12.0. The largest absolute Gasteiger partial charge is 0.436 e. The van der Waals surface area contributed by atoms with Crippen LogP contribution in [0.1, 0.15) is 10.4 Å². The predicted molar refractivity (Wildman–Crippen MR) is 148 cm³/mol. The minimum absolute atomic E-state index is 0.212. The SMILES string of the molecule is O=C(NC(=S)Nc1ccc2oc(-c3ccc(-c4ccccc4)cc3)nc2c1)c1ccccc1I. The van der Waals surface area contributed by atoms with Crippen LogP contribution in [0.2, 0.25) is 0 Å². The number of hydrogen-bond acceptors (Lipinski definition) is 4. The maximum Gasteiger partial charge on any atom is 0.258 e. The van der Waals surface area contributed by atoms with Gasteiger partial charge in [0.15, 0.2) is 10.7 Å². The first-order valence-electron chi connectivity index (χ1n) is 10.5. The molecule has 5 nitrogen and oxygen atoms in total. The molecule has 1 heterocycles. The second kappa shape index (κ2) is 9.74. The van der Waals surface area contributed by atoms with E-state index in [2.05, 4.69) is 62.5 Å². The smallest absolute Gasteiger partial charge is 0.258 e. The molecule has 0 fully saturated rings. The van der Waals surface area contributed by atoms with E-state index >= 15 is 0 Å². The van der Waals surface area contributed by atoms with Gasteiger partial charge in [-0.05, 0) is 88.4 Å². The Balaban J connectivity index is 1.30. The zero-order valence-corrected chi connectivity index (χ0v) is 20.8. The van der Waals surface area contributed by atoms with Crippen molar-refractivity contribution < 1.29 is 9.21 Å². The van der Waals surface area contributed by atoms with Crippen LogP contribution in [-0.4, -0.2) is 16.0 Å². The number of rotatable bonds is 4. The molecule has 2 N–H and O–H groups in total. The van der Waals surface area contributed by atoms with Crippen LogP contribution in [-0.2, 0) is 0 Å². The van der Waals surface area contributed by atoms with Crippen LogP contribution in [0.25, 0.3) is 33.7 Å². The number of oxazole rings is 1. The van der Waals surface area contributed by atoms with Crippen LogP contribution in [0, 0.1) is 3.57 Å². The van der Waals surface area contributed by atoms with Crippen LogP contribution in [0.5, 0.6) is 0 Å². The normalized spacial score (nSPS) is 10.7. The summed E-state index contributed by atoms with van der Waals surface area (Å²) in [6, 6.07) is 31.2. The van der Waals surface area contributed by atoms with E-state index in [4.69, 9.17) is 16.6 Å². The molecule has 0 radical (unpaired) electrons. The van der Waals surface area contributed by atoms with Crippen molar-refractivity contribution in [2.45, 2.75) is 0 Å². The van der Waals surface area contributed by atoms with Crippen molar-refractivity contribution in [3.63, 3.8) is 0 Å². The lowest BCUT2D eigenvalue weighted by molar-refractivity contribution is 0.0977. The summed E-state index contributed by atoms with van der Waals surface area (Å²) in [5.41, 5.74) is 5.83. The van der Waals surface area contributed by atoms with Crippen molar-refractivity contribution in [1.29, 1.82) is 0 Å². The van der Waals surface area contributed by atoms with E-state index in [1.807, 2.05) is 66.7 Å². The third-order valence-corrected chi connectivity index (χ3v) is 6.37. The lowest BCUT2D eigenvalue weighted by Gasteiger charge is -2.10. The number of hydrogen-bond donors (Lipinski definition) is 2. The van der Waals surface area contributed by atoms with Gasteiger partial charge in [-0.1, -0.05) is 54.6 Å². The first-order chi connectivity index (χ1) is 16.6. The molecule has 166 valence electrons. The van der Waals surface area contributed by atoms with Gasteiger partial charge in [0.1, 0.15) is 5.52 Å². The number of fused-ring (bicyclic) bond motifs is 1. The van der Waals surface area contributed by atoms with E-state index in [0.717, 1.165) is 20.3 Å². The number of carbonyl (C=O) groups excluding carboxylic acids is 1. The molecular formula is C27H18IN3O2S. The lowest BCUT2D eigenvalue weighted by atomic mass is 10.0. The minimum Gasteiger partial charge on any atom is -0.436 e. The highest BCUT2D eigenvalue weighted by Crippen LogP contribution is 2.28. The molecule has 1 amide bonds. The molecule has 0 saturated heterocycles. The number of carbonyl (C=O) groups is 1. The number of halogens is 1. The van der Waals surface area contributed by atoms with Crippen LogP contribution in [0.15, 0.2) is 101 Å². The molecule has 7 heteroatoms. The summed E-state index contributed by atoms with van der Waals surface area (Å²) >= 11 is 7.45. The van der Waals surface area contributed by atoms with E-state index in [-0.39, 0.29) is 11.0 Å². The molecule has 5 aromatic rings. The summed E-state index contributed by atoms with van der Waals surface area (Å²) < 4.78 is 6.81. The van der Waals surface area contributed by atoms with Gasteiger partial charge in [0.05, 0.1) is 5.56 Å². The molecule has 5 rings (SSSR count). The van der Waals surface area contributed by atoms with Crippen molar-refractivity contribution in [2.75, 3.05) is 5.32 Å². The number of aromatic nitrogens is 1. The Hall–Kier alpha value is -3.56. The summed E-state index contributed by atoms with van der Waals surface area (Å²) in [5, 5.41) is 5.97. The van der Waals surface area contributed by atoms with Crippen LogP contribution >= 0.6 is 34.8 Å². The topological polar surface area (TPSA) is 67.2 Å². The summed E-state index contributed by atoms with van der Waals surface area (Å²) in [6.07, 6.45) is 0. The Labute approximate surface area is 215 Å². The molecule has 4 aromatic carbocycles. The van der Waals surface area contributed by atoms with E-state index < -0.39 is 0 Å². The Morgan fingerprint density at radius 2 is 1.50 bits per heavy atom. The summed E-state index contributed by atoms with van der Waals surface area (Å²) in [6.45, 7) is 0. The summed E-state index contributed by atoms with van der Waals surface area (Å²) in [4.78, 5) is 17.1. The van der Waals surface area contributed by atoms with Gasteiger partial charge in [0.2, 0.25) is 5.89 Å². The van der Waals surface area contributed by atoms with E-state index in [0.29, 0.717) is 28.2 Å². The van der Waals surface area contributed by atoms with E-state index in [1.165, 1.54) is 0 Å². The highest BCUT2D eigenvalue weighted by atomic mass is 127. The number of nitrogens with one attached hydrogen (secondary N) is 2. The van der Waals surface area contributed by atoms with Gasteiger partial charge in [-0.3, -0.25) is 10.1 Å². The van der Waals surface area contributed by atoms with Crippen molar-refractivity contribution in [1.82, 2.24) is 10.3 Å². The molecule has 0 aliphatic heterocycles. The van der Waals surface area contributed by atoms with Crippen molar-refractivity contribution in [3.8, 4) is 22.6 Å². The Morgan fingerprint density at radius 1 is 0.824 bits per heavy atom. The second-order valence-corrected chi connectivity index (χ2v) is 9.10. The number of thiocarbonyl (C=S) groups is 1. The molecule has 0 aliphatic rings.